The largest absolute Gasteiger partial charge is 0.481 e. The Morgan fingerprint density at radius 2 is 2.67 bits per heavy atom. The fraction of sp³-hybridized carbons (Fsp3) is 0.750. The van der Waals surface area contributed by atoms with Crippen LogP contribution in [0.25, 0.3) is 0 Å². The molecule has 0 saturated heterocycles. The molecule has 0 rings (SSSR count). The van der Waals surface area contributed by atoms with Crippen molar-refractivity contribution in [3.63, 3.8) is 0 Å². The van der Waals surface area contributed by atoms with E-state index in [4.69, 9.17) is 7.85 Å². The van der Waals surface area contributed by atoms with Gasteiger partial charge in [-0.05, 0) is 6.42 Å². The summed E-state index contributed by atoms with van der Waals surface area (Å²) < 4.78 is 13.4. The minimum Gasteiger partial charge on any atom is -0.481 e. The first-order valence-electron chi connectivity index (χ1n) is 2.74. The van der Waals surface area contributed by atoms with Crippen molar-refractivity contribution in [2.24, 2.45) is 0 Å². The average molecular weight is 90.1 g/mol. The number of hydrogen-bond donors (Lipinski definition) is 1. The van der Waals surface area contributed by atoms with Crippen LogP contribution in [0.2, 0.25) is 0 Å². The molecule has 1 N–H and O–H groups in total. The van der Waals surface area contributed by atoms with Gasteiger partial charge in [-0.3, -0.25) is 4.79 Å². The zero-order valence-electron chi connectivity index (χ0n) is 5.56. The third kappa shape index (κ3) is 3.47. The molecule has 36 valence electrons. The Balaban J connectivity index is 3.91. The SMILES string of the molecule is [2H]C([2H])(CC)C(=O)O. The highest BCUT2D eigenvalue weighted by atomic mass is 16.4. The van der Waals surface area contributed by atoms with Gasteiger partial charge in [0.15, 0.2) is 0 Å². The van der Waals surface area contributed by atoms with Gasteiger partial charge in [-0.25, -0.2) is 0 Å². The maximum atomic E-state index is 9.88. The summed E-state index contributed by atoms with van der Waals surface area (Å²) in [6, 6.07) is 0. The van der Waals surface area contributed by atoms with Gasteiger partial charge in [0.2, 0.25) is 0 Å². The standard InChI is InChI=1S/C4H8O2/c1-2-3-4(5)6/h2-3H2,1H3,(H,5,6)/i3D2. The molecule has 0 aromatic heterocycles. The van der Waals surface area contributed by atoms with Crippen molar-refractivity contribution < 1.29 is 12.6 Å². The maximum absolute atomic E-state index is 9.88. The average Bonchev–Trinajstić information content (AvgIpc) is 1.67. The lowest BCUT2D eigenvalue weighted by atomic mass is 10.4. The van der Waals surface area contributed by atoms with Gasteiger partial charge >= 0.3 is 5.97 Å². The van der Waals surface area contributed by atoms with E-state index in [2.05, 4.69) is 0 Å². The van der Waals surface area contributed by atoms with Crippen molar-refractivity contribution >= 4 is 5.97 Å². The molecule has 2 nitrogen and oxygen atoms in total. The molecule has 0 aromatic rings. The van der Waals surface area contributed by atoms with E-state index in [-0.39, 0.29) is 6.42 Å². The van der Waals surface area contributed by atoms with Crippen molar-refractivity contribution in [1.29, 1.82) is 0 Å². The van der Waals surface area contributed by atoms with Gasteiger partial charge in [0.1, 0.15) is 0 Å². The molecule has 0 aliphatic rings. The zero-order chi connectivity index (χ0) is 6.78. The van der Waals surface area contributed by atoms with E-state index in [1.807, 2.05) is 0 Å². The maximum Gasteiger partial charge on any atom is 0.303 e. The molecule has 0 spiro atoms. The Morgan fingerprint density at radius 1 is 2.17 bits per heavy atom. The molecule has 0 fully saturated rings. The molecule has 0 amide bonds. The monoisotopic (exact) mass is 90.1 g/mol. The summed E-state index contributed by atoms with van der Waals surface area (Å²) in [5.41, 5.74) is 0. The Hall–Kier alpha value is -0.530. The van der Waals surface area contributed by atoms with Crippen molar-refractivity contribution in [1.82, 2.24) is 0 Å². The van der Waals surface area contributed by atoms with Crippen LogP contribution < -0.4 is 0 Å². The second kappa shape index (κ2) is 2.69. The number of hydrogen-bond acceptors (Lipinski definition) is 1. The quantitative estimate of drug-likeness (QED) is 0.546. The molecule has 0 aliphatic heterocycles. The Morgan fingerprint density at radius 3 is 2.67 bits per heavy atom. The van der Waals surface area contributed by atoms with Crippen molar-refractivity contribution in [3.05, 3.63) is 0 Å². The summed E-state index contributed by atoms with van der Waals surface area (Å²) in [5.74, 6) is -1.39. The highest BCUT2D eigenvalue weighted by Crippen LogP contribution is 1.82. The second-order valence-corrected chi connectivity index (χ2v) is 0.835. The minimum atomic E-state index is -2.04. The van der Waals surface area contributed by atoms with Crippen LogP contribution in [0.3, 0.4) is 0 Å². The van der Waals surface area contributed by atoms with Crippen LogP contribution in [0.4, 0.5) is 0 Å². The van der Waals surface area contributed by atoms with E-state index < -0.39 is 12.3 Å². The van der Waals surface area contributed by atoms with Crippen LogP contribution in [-0.2, 0) is 4.79 Å². The van der Waals surface area contributed by atoms with Crippen LogP contribution in [0.1, 0.15) is 22.5 Å². The molecule has 0 saturated carbocycles. The zero-order valence-corrected chi connectivity index (χ0v) is 3.56. The number of carboxylic acids is 1. The summed E-state index contributed by atoms with van der Waals surface area (Å²) in [7, 11) is 0. The van der Waals surface area contributed by atoms with Gasteiger partial charge in [-0.15, -0.1) is 0 Å². The molecule has 0 atom stereocenters. The molecule has 0 aliphatic carbocycles. The first-order valence-corrected chi connectivity index (χ1v) is 1.74. The Kier molecular flexibility index (Phi) is 1.17. The summed E-state index contributed by atoms with van der Waals surface area (Å²) in [4.78, 5) is 9.88. The van der Waals surface area contributed by atoms with Gasteiger partial charge in [0.05, 0.1) is 0 Å². The van der Waals surface area contributed by atoms with Gasteiger partial charge < -0.3 is 5.11 Å². The second-order valence-electron chi connectivity index (χ2n) is 0.835. The smallest absolute Gasteiger partial charge is 0.303 e. The van der Waals surface area contributed by atoms with Crippen molar-refractivity contribution in [2.75, 3.05) is 0 Å². The summed E-state index contributed by atoms with van der Waals surface area (Å²) in [6.45, 7) is 1.49. The van der Waals surface area contributed by atoms with E-state index in [1.54, 1.807) is 0 Å². The third-order valence-electron chi connectivity index (χ3n) is 0.328. The first-order chi connectivity index (χ1) is 3.50. The lowest BCUT2D eigenvalue weighted by Crippen LogP contribution is -1.90. The number of carboxylic acid groups (broad SMARTS) is 1. The molecule has 0 bridgehead atoms. The molecule has 2 heteroatoms. The molecule has 0 aromatic carbocycles. The van der Waals surface area contributed by atoms with E-state index in [9.17, 15) is 4.79 Å². The van der Waals surface area contributed by atoms with Crippen LogP contribution in [-0.4, -0.2) is 11.1 Å². The molecule has 6 heavy (non-hydrogen) atoms. The van der Waals surface area contributed by atoms with Crippen molar-refractivity contribution in [3.8, 4) is 0 Å². The molecular formula is C4H8O2. The summed E-state index contributed by atoms with van der Waals surface area (Å²) >= 11 is 0. The molecular weight excluding hydrogens is 80.0 g/mol. The lowest BCUT2D eigenvalue weighted by molar-refractivity contribution is -0.137. The molecule has 0 radical (unpaired) electrons. The fourth-order valence-electron chi connectivity index (χ4n) is 0.151. The highest BCUT2D eigenvalue weighted by Gasteiger charge is 1.87. The number of aliphatic carboxylic acids is 1. The molecule has 0 heterocycles. The van der Waals surface area contributed by atoms with Crippen molar-refractivity contribution in [2.45, 2.75) is 19.7 Å². The Labute approximate surface area is 39.6 Å². The summed E-state index contributed by atoms with van der Waals surface area (Å²) in [5, 5.41) is 8.07. The predicted octanol–water partition coefficient (Wildman–Crippen LogP) is 0.871. The minimum absolute atomic E-state index is 0.0162. The highest BCUT2D eigenvalue weighted by molar-refractivity contribution is 5.66. The topological polar surface area (TPSA) is 37.3 Å². The van der Waals surface area contributed by atoms with Gasteiger partial charge in [0.25, 0.3) is 0 Å². The third-order valence-corrected chi connectivity index (χ3v) is 0.328. The van der Waals surface area contributed by atoms with Gasteiger partial charge in [-0.2, -0.15) is 0 Å². The van der Waals surface area contributed by atoms with E-state index >= 15 is 0 Å². The normalized spacial score (nSPS) is 15.5. The first kappa shape index (κ1) is 2.61. The van der Waals surface area contributed by atoms with E-state index in [0.717, 1.165) is 0 Å². The van der Waals surface area contributed by atoms with Crippen LogP contribution >= 0.6 is 0 Å². The van der Waals surface area contributed by atoms with E-state index in [0.29, 0.717) is 0 Å². The van der Waals surface area contributed by atoms with Gasteiger partial charge in [0, 0.05) is 9.11 Å². The fourth-order valence-corrected chi connectivity index (χ4v) is 0.151. The molecule has 0 unspecified atom stereocenters. The van der Waals surface area contributed by atoms with Crippen LogP contribution in [0, 0.1) is 0 Å². The van der Waals surface area contributed by atoms with Crippen LogP contribution in [0.15, 0.2) is 0 Å². The van der Waals surface area contributed by atoms with Gasteiger partial charge in [-0.1, -0.05) is 6.92 Å². The lowest BCUT2D eigenvalue weighted by Gasteiger charge is -1.79. The predicted molar refractivity (Wildman–Crippen MR) is 22.5 cm³/mol. The van der Waals surface area contributed by atoms with Crippen LogP contribution in [0.5, 0.6) is 0 Å². The number of carbonyl (C=O) groups is 1. The Bertz CT molecular complexity index is 100. The number of rotatable bonds is 2. The summed E-state index contributed by atoms with van der Waals surface area (Å²) in [6.07, 6.45) is -2.03. The van der Waals surface area contributed by atoms with E-state index in [1.165, 1.54) is 6.92 Å².